The van der Waals surface area contributed by atoms with Crippen molar-refractivity contribution >= 4 is 49.5 Å². The van der Waals surface area contributed by atoms with Gasteiger partial charge in [0.15, 0.2) is 20.9 Å². The molecule has 0 radical (unpaired) electrons. The van der Waals surface area contributed by atoms with E-state index >= 15 is 4.39 Å². The third-order valence-electron chi connectivity index (χ3n) is 11.5. The molecule has 2 N–H and O–H groups in total. The van der Waals surface area contributed by atoms with Crippen molar-refractivity contribution in [2.75, 3.05) is 41.3 Å². The number of amides is 3. The fraction of sp³-hybridized carbons (Fsp3) is 0.469. The van der Waals surface area contributed by atoms with Gasteiger partial charge in [-0.05, 0) is 156 Å². The Morgan fingerprint density at radius 1 is 0.779 bits per heavy atom. The van der Waals surface area contributed by atoms with Gasteiger partial charge in [-0.1, -0.05) is 52.3 Å². The number of sulfonamides is 1. The van der Waals surface area contributed by atoms with E-state index in [-0.39, 0.29) is 40.6 Å². The number of imide groups is 1. The molecular formula is C49H65ClFN9O6S2. The topological polar surface area (TPSA) is 181 Å². The van der Waals surface area contributed by atoms with E-state index in [1.165, 1.54) is 24.3 Å². The Labute approximate surface area is 407 Å². The summed E-state index contributed by atoms with van der Waals surface area (Å²) in [5.41, 5.74) is 3.89. The lowest BCUT2D eigenvalue weighted by Crippen LogP contribution is -2.38. The molecular weight excluding hydrogens is 929 g/mol. The summed E-state index contributed by atoms with van der Waals surface area (Å²) in [5, 5.41) is 10.2. The van der Waals surface area contributed by atoms with E-state index in [1.807, 2.05) is 100 Å². The minimum absolute atomic E-state index is 0.0369. The van der Waals surface area contributed by atoms with Gasteiger partial charge in [-0.25, -0.2) is 13.3 Å². The van der Waals surface area contributed by atoms with Crippen molar-refractivity contribution in [1.29, 1.82) is 0 Å². The van der Waals surface area contributed by atoms with Crippen molar-refractivity contribution in [1.82, 2.24) is 44.4 Å². The Hall–Kier alpha value is -5.14. The highest BCUT2D eigenvalue weighted by Crippen LogP contribution is 2.35. The number of halogens is 2. The van der Waals surface area contributed by atoms with E-state index < -0.39 is 54.8 Å². The lowest BCUT2D eigenvalue weighted by molar-refractivity contribution is -0.119. The lowest BCUT2D eigenvalue weighted by atomic mass is 9.84. The molecule has 0 fully saturated rings. The zero-order valence-electron chi connectivity index (χ0n) is 41.3. The second-order valence-corrected chi connectivity index (χ2v) is 23.2. The van der Waals surface area contributed by atoms with Crippen LogP contribution in [0, 0.1) is 5.82 Å². The van der Waals surface area contributed by atoms with Gasteiger partial charge in [-0.15, -0.1) is 0 Å². The fourth-order valence-electron chi connectivity index (χ4n) is 8.68. The van der Waals surface area contributed by atoms with Gasteiger partial charge >= 0.3 is 5.24 Å². The molecule has 0 aliphatic rings. The molecule has 2 atom stereocenters. The Bertz CT molecular complexity index is 2780. The maximum absolute atomic E-state index is 15.3. The van der Waals surface area contributed by atoms with E-state index in [4.69, 9.17) is 16.6 Å². The van der Waals surface area contributed by atoms with Crippen molar-refractivity contribution in [3.63, 3.8) is 0 Å². The normalized spacial score (nSPS) is 13.4. The molecule has 0 aliphatic carbocycles. The van der Waals surface area contributed by atoms with Crippen LogP contribution in [0.2, 0.25) is 5.02 Å². The lowest BCUT2D eigenvalue weighted by Gasteiger charge is -2.28. The van der Waals surface area contributed by atoms with Gasteiger partial charge in [0.2, 0.25) is 11.8 Å². The summed E-state index contributed by atoms with van der Waals surface area (Å²) >= 11 is 6.67. The minimum atomic E-state index is -4.35. The van der Waals surface area contributed by atoms with Gasteiger partial charge in [-0.2, -0.15) is 18.6 Å². The number of likely N-dealkylation sites (N-methyl/N-ethyl adjacent to an activating group) is 2. The Morgan fingerprint density at radius 2 is 1.34 bits per heavy atom. The van der Waals surface area contributed by atoms with Gasteiger partial charge in [0.1, 0.15) is 5.82 Å². The van der Waals surface area contributed by atoms with E-state index in [9.17, 15) is 27.0 Å². The predicted octanol–water partition coefficient (Wildman–Crippen LogP) is 7.75. The summed E-state index contributed by atoms with van der Waals surface area (Å²) in [6.45, 7) is 18.7. The number of hydrogen-bond donors (Lipinski definition) is 2. The molecule has 19 heteroatoms. The van der Waals surface area contributed by atoms with Crippen LogP contribution < -0.4 is 10.0 Å². The Balaban J connectivity index is 1.35. The average Bonchev–Trinajstić information content (AvgIpc) is 3.94. The van der Waals surface area contributed by atoms with Crippen LogP contribution in [0.4, 0.5) is 9.18 Å². The van der Waals surface area contributed by atoms with Gasteiger partial charge < -0.3 is 9.80 Å². The number of nitrogens with one attached hydrogen (secondary N) is 2. The van der Waals surface area contributed by atoms with Gasteiger partial charge in [0, 0.05) is 48.0 Å². The molecule has 3 amide bonds. The van der Waals surface area contributed by atoms with Gasteiger partial charge in [-0.3, -0.25) is 34.0 Å². The fourth-order valence-corrected chi connectivity index (χ4v) is 10.6. The number of carbonyl (C=O) groups is 3. The molecule has 0 saturated carbocycles. The Morgan fingerprint density at radius 3 is 1.91 bits per heavy atom. The highest BCUT2D eigenvalue weighted by atomic mass is 35.5. The zero-order valence-corrected chi connectivity index (χ0v) is 43.7. The standard InChI is InChI=1S/C49H65ClFN9O6S2/c1-30(2)37-21-34(50)22-39(41(37)25-43(61)53-47(63)67(64)45-16-18-59(54-45)48(6,7)28-57(10)11)32(5)20-36-15-14-33(27-52-36)40-24-35(51)23-38(31(3)4)42(40)26-44(62)56-68(65,66)46-17-19-60(55-46)49(8,9)29-58(12)13/h14-19,21-24,27,30-32H,20,25-26,28-29H2,1-13H3,(H,56,62)(H,53,61,63). The van der Waals surface area contributed by atoms with Crippen molar-refractivity contribution in [3.8, 4) is 11.1 Å². The number of carbonyl (C=O) groups excluding carboxylic acids is 3. The Kier molecular flexibility index (Phi) is 17.1. The summed E-state index contributed by atoms with van der Waals surface area (Å²) in [7, 11) is 1.08. The molecule has 2 aromatic carbocycles. The van der Waals surface area contributed by atoms with Crippen LogP contribution in [-0.4, -0.2) is 105 Å². The molecule has 0 bridgehead atoms. The largest absolute Gasteiger partial charge is 0.322 e. The average molecular weight is 995 g/mol. The maximum atomic E-state index is 15.3. The van der Waals surface area contributed by atoms with Crippen molar-refractivity contribution in [2.45, 2.75) is 120 Å². The highest BCUT2D eigenvalue weighted by Gasteiger charge is 2.30. The number of nitrogens with zero attached hydrogens (tertiary/aromatic N) is 7. The molecule has 3 heterocycles. The van der Waals surface area contributed by atoms with E-state index in [0.29, 0.717) is 58.0 Å². The number of benzene rings is 2. The predicted molar refractivity (Wildman–Crippen MR) is 264 cm³/mol. The second-order valence-electron chi connectivity index (χ2n) is 19.8. The van der Waals surface area contributed by atoms with Crippen molar-refractivity contribution < 1.29 is 31.4 Å². The molecule has 5 aromatic rings. The van der Waals surface area contributed by atoms with Crippen LogP contribution in [0.5, 0.6) is 0 Å². The third-order valence-corrected chi connectivity index (χ3v) is 14.1. The van der Waals surface area contributed by atoms with Crippen molar-refractivity contribution in [2.24, 2.45) is 0 Å². The van der Waals surface area contributed by atoms with Crippen LogP contribution in [0.25, 0.3) is 11.1 Å². The molecule has 2 unspecified atom stereocenters. The summed E-state index contributed by atoms with van der Waals surface area (Å²) in [5.74, 6) is -2.46. The first kappa shape index (κ1) is 53.8. The second kappa shape index (κ2) is 21.7. The van der Waals surface area contributed by atoms with Crippen molar-refractivity contribution in [3.05, 3.63) is 111 Å². The summed E-state index contributed by atoms with van der Waals surface area (Å²) < 4.78 is 60.8. The quantitative estimate of drug-likeness (QED) is 0.0826. The molecule has 368 valence electrons. The SMILES string of the molecule is CC(C)c1cc(F)cc(-c2ccc(CC(C)c3cc(Cl)cc(C(C)C)c3CC(=O)NC(=O)S(=O)c3ccn(C(C)(C)CN(C)C)n3)nc2)c1CC(=O)NS(=O)(=O)c1ccn(C(C)(C)CN(C)C)n1. The first-order valence-corrected chi connectivity index (χ1v) is 25.4. The van der Waals surface area contributed by atoms with Crippen LogP contribution in [-0.2, 0) is 60.8 Å². The summed E-state index contributed by atoms with van der Waals surface area (Å²) in [6.07, 6.45) is 4.67. The molecule has 5 rings (SSSR count). The first-order chi connectivity index (χ1) is 31.6. The van der Waals surface area contributed by atoms with E-state index in [0.717, 1.165) is 11.1 Å². The highest BCUT2D eigenvalue weighted by molar-refractivity contribution is 8.00. The number of pyridine rings is 1. The van der Waals surface area contributed by atoms with Crippen LogP contribution in [0.15, 0.2) is 77.2 Å². The zero-order chi connectivity index (χ0) is 50.6. The molecule has 0 aliphatic heterocycles. The van der Waals surface area contributed by atoms with Crippen LogP contribution >= 0.6 is 11.6 Å². The molecule has 68 heavy (non-hydrogen) atoms. The molecule has 15 nitrogen and oxygen atoms in total. The molecule has 0 spiro atoms. The maximum Gasteiger partial charge on any atom is 0.322 e. The number of aromatic nitrogens is 5. The summed E-state index contributed by atoms with van der Waals surface area (Å²) in [6, 6.07) is 12.7. The molecule has 0 saturated heterocycles. The van der Waals surface area contributed by atoms with E-state index in [2.05, 4.69) is 20.2 Å². The van der Waals surface area contributed by atoms with Crippen LogP contribution in [0.3, 0.4) is 0 Å². The van der Waals surface area contributed by atoms with Gasteiger partial charge in [0.25, 0.3) is 10.0 Å². The summed E-state index contributed by atoms with van der Waals surface area (Å²) in [4.78, 5) is 49.0. The third kappa shape index (κ3) is 13.3. The number of rotatable bonds is 19. The smallest absolute Gasteiger partial charge is 0.307 e. The van der Waals surface area contributed by atoms with E-state index in [1.54, 1.807) is 52.2 Å². The molecule has 3 aromatic heterocycles. The first-order valence-electron chi connectivity index (χ1n) is 22.4. The monoisotopic (exact) mass is 993 g/mol. The van der Waals surface area contributed by atoms with Gasteiger partial charge in [0.05, 0.1) is 23.9 Å². The van der Waals surface area contributed by atoms with Crippen LogP contribution in [0.1, 0.15) is 114 Å². The number of hydrogen-bond acceptors (Lipinski definition) is 11. The minimum Gasteiger partial charge on any atom is -0.307 e.